The Morgan fingerprint density at radius 3 is 2.86 bits per heavy atom. The average molecular weight is 195 g/mol. The fourth-order valence-corrected chi connectivity index (χ4v) is 1.07. The summed E-state index contributed by atoms with van der Waals surface area (Å²) in [6.07, 6.45) is 2.32. The molecule has 1 aromatic rings. The first-order valence-corrected chi connectivity index (χ1v) is 4.66. The van der Waals surface area contributed by atoms with E-state index in [0.29, 0.717) is 18.8 Å². The molecule has 4 N–H and O–H groups in total. The van der Waals surface area contributed by atoms with Crippen LogP contribution in [0.2, 0.25) is 0 Å². The third-order valence-corrected chi connectivity index (χ3v) is 1.89. The summed E-state index contributed by atoms with van der Waals surface area (Å²) >= 11 is 0. The normalized spacial score (nSPS) is 11.4. The molecule has 0 radical (unpaired) electrons. The lowest BCUT2D eigenvalue weighted by atomic mass is 10.1. The third-order valence-electron chi connectivity index (χ3n) is 1.89. The van der Waals surface area contributed by atoms with Gasteiger partial charge in [0.05, 0.1) is 11.3 Å². The Labute approximate surface area is 84.2 Å². The number of hydrogen-bond acceptors (Lipinski definition) is 4. The average Bonchev–Trinajstić information content (AvgIpc) is 2.06. The Bertz CT molecular complexity index is 294. The quantitative estimate of drug-likeness (QED) is 0.676. The molecular formula is C10H17N3O. The van der Waals surface area contributed by atoms with E-state index in [-0.39, 0.29) is 0 Å². The van der Waals surface area contributed by atoms with Gasteiger partial charge in [-0.15, -0.1) is 0 Å². The smallest absolute Gasteiger partial charge is 0.146 e. The summed E-state index contributed by atoms with van der Waals surface area (Å²) in [6, 6.07) is 3.69. The van der Waals surface area contributed by atoms with E-state index < -0.39 is 5.60 Å². The summed E-state index contributed by atoms with van der Waals surface area (Å²) in [7, 11) is 0. The molecule has 0 atom stereocenters. The van der Waals surface area contributed by atoms with Crippen molar-refractivity contribution in [2.75, 3.05) is 17.6 Å². The molecule has 0 saturated heterocycles. The number of nitrogens with two attached hydrogens (primary N) is 1. The summed E-state index contributed by atoms with van der Waals surface area (Å²) in [5, 5.41) is 12.6. The van der Waals surface area contributed by atoms with Crippen LogP contribution in [0.15, 0.2) is 18.3 Å². The number of anilines is 2. The van der Waals surface area contributed by atoms with Gasteiger partial charge in [-0.3, -0.25) is 0 Å². The highest BCUT2D eigenvalue weighted by molar-refractivity contribution is 5.60. The zero-order valence-electron chi connectivity index (χ0n) is 8.62. The van der Waals surface area contributed by atoms with E-state index in [2.05, 4.69) is 10.3 Å². The molecule has 4 heteroatoms. The van der Waals surface area contributed by atoms with Gasteiger partial charge in [0.1, 0.15) is 5.82 Å². The van der Waals surface area contributed by atoms with Gasteiger partial charge in [-0.25, -0.2) is 4.98 Å². The minimum atomic E-state index is -0.649. The van der Waals surface area contributed by atoms with E-state index in [9.17, 15) is 5.11 Å². The van der Waals surface area contributed by atoms with Crippen molar-refractivity contribution in [2.24, 2.45) is 0 Å². The zero-order valence-corrected chi connectivity index (χ0v) is 8.62. The van der Waals surface area contributed by atoms with E-state index in [4.69, 9.17) is 5.73 Å². The Hall–Kier alpha value is -1.29. The highest BCUT2D eigenvalue weighted by Gasteiger charge is 2.11. The molecule has 0 aliphatic carbocycles. The van der Waals surface area contributed by atoms with Crippen LogP contribution < -0.4 is 11.1 Å². The largest absolute Gasteiger partial charge is 0.390 e. The van der Waals surface area contributed by atoms with Gasteiger partial charge in [0, 0.05) is 12.7 Å². The number of aliphatic hydroxyl groups is 1. The van der Waals surface area contributed by atoms with E-state index in [1.54, 1.807) is 20.0 Å². The van der Waals surface area contributed by atoms with E-state index in [1.165, 1.54) is 0 Å². The van der Waals surface area contributed by atoms with Crippen molar-refractivity contribution in [3.63, 3.8) is 0 Å². The highest BCUT2D eigenvalue weighted by atomic mass is 16.3. The van der Waals surface area contributed by atoms with Crippen molar-refractivity contribution >= 4 is 11.5 Å². The molecule has 0 spiro atoms. The van der Waals surface area contributed by atoms with Gasteiger partial charge in [0.2, 0.25) is 0 Å². The molecule has 0 aliphatic heterocycles. The van der Waals surface area contributed by atoms with Crippen LogP contribution in [0.3, 0.4) is 0 Å². The first-order chi connectivity index (χ1) is 6.49. The molecule has 0 aliphatic rings. The van der Waals surface area contributed by atoms with Gasteiger partial charge in [0.15, 0.2) is 0 Å². The molecule has 0 bridgehead atoms. The van der Waals surface area contributed by atoms with Crippen LogP contribution >= 0.6 is 0 Å². The predicted octanol–water partition coefficient (Wildman–Crippen LogP) is 1.24. The lowest BCUT2D eigenvalue weighted by Gasteiger charge is -2.17. The van der Waals surface area contributed by atoms with Gasteiger partial charge in [-0.05, 0) is 32.4 Å². The lowest BCUT2D eigenvalue weighted by molar-refractivity contribution is 0.0749. The van der Waals surface area contributed by atoms with Gasteiger partial charge in [-0.1, -0.05) is 0 Å². The summed E-state index contributed by atoms with van der Waals surface area (Å²) in [4.78, 5) is 3.95. The molecule has 0 unspecified atom stereocenters. The molecule has 1 heterocycles. The van der Waals surface area contributed by atoms with Crippen LogP contribution in [0.5, 0.6) is 0 Å². The number of hydrogen-bond donors (Lipinski definition) is 3. The standard InChI is InChI=1S/C10H17N3O/c1-10(2,14)5-7-12-8-4-3-6-13-9(8)11/h3-4,6,12,14H,5,7H2,1-2H3,(H2,11,13). The SMILES string of the molecule is CC(C)(O)CCNc1cccnc1N. The molecule has 1 aromatic heterocycles. The molecule has 0 saturated carbocycles. The van der Waals surface area contributed by atoms with Crippen LogP contribution in [0, 0.1) is 0 Å². The van der Waals surface area contributed by atoms with Crippen molar-refractivity contribution in [3.8, 4) is 0 Å². The fraction of sp³-hybridized carbons (Fsp3) is 0.500. The van der Waals surface area contributed by atoms with Gasteiger partial charge in [0.25, 0.3) is 0 Å². The van der Waals surface area contributed by atoms with Crippen molar-refractivity contribution < 1.29 is 5.11 Å². The molecule has 0 aromatic carbocycles. The topological polar surface area (TPSA) is 71.2 Å². The van der Waals surface area contributed by atoms with Crippen LogP contribution in [0.25, 0.3) is 0 Å². The van der Waals surface area contributed by atoms with Crippen molar-refractivity contribution in [1.82, 2.24) is 4.98 Å². The Morgan fingerprint density at radius 1 is 1.57 bits per heavy atom. The number of aromatic nitrogens is 1. The summed E-state index contributed by atoms with van der Waals surface area (Å²) in [5.74, 6) is 0.489. The molecule has 4 nitrogen and oxygen atoms in total. The minimum Gasteiger partial charge on any atom is -0.390 e. The number of pyridine rings is 1. The molecule has 0 fully saturated rings. The minimum absolute atomic E-state index is 0.489. The van der Waals surface area contributed by atoms with Gasteiger partial charge in [-0.2, -0.15) is 0 Å². The van der Waals surface area contributed by atoms with Crippen molar-refractivity contribution in [3.05, 3.63) is 18.3 Å². The maximum absolute atomic E-state index is 9.48. The Balaban J connectivity index is 2.43. The number of nitrogens with one attached hydrogen (secondary N) is 1. The molecule has 78 valence electrons. The highest BCUT2D eigenvalue weighted by Crippen LogP contribution is 2.14. The van der Waals surface area contributed by atoms with Crippen LogP contribution in [-0.4, -0.2) is 22.2 Å². The maximum atomic E-state index is 9.48. The predicted molar refractivity (Wildman–Crippen MR) is 58.1 cm³/mol. The fourth-order valence-electron chi connectivity index (χ4n) is 1.07. The summed E-state index contributed by atoms with van der Waals surface area (Å²) in [5.41, 5.74) is 5.80. The molecule has 1 rings (SSSR count). The van der Waals surface area contributed by atoms with Crippen LogP contribution in [-0.2, 0) is 0 Å². The zero-order chi connectivity index (χ0) is 10.6. The third kappa shape index (κ3) is 3.62. The van der Waals surface area contributed by atoms with Gasteiger partial charge >= 0.3 is 0 Å². The second kappa shape index (κ2) is 4.28. The van der Waals surface area contributed by atoms with E-state index in [1.807, 2.05) is 12.1 Å². The summed E-state index contributed by atoms with van der Waals surface area (Å²) in [6.45, 7) is 4.24. The maximum Gasteiger partial charge on any atom is 0.146 e. The second-order valence-electron chi connectivity index (χ2n) is 3.93. The van der Waals surface area contributed by atoms with E-state index >= 15 is 0 Å². The molecule has 14 heavy (non-hydrogen) atoms. The first kappa shape index (κ1) is 10.8. The van der Waals surface area contributed by atoms with E-state index in [0.717, 1.165) is 5.69 Å². The van der Waals surface area contributed by atoms with Crippen LogP contribution in [0.4, 0.5) is 11.5 Å². The second-order valence-corrected chi connectivity index (χ2v) is 3.93. The molecular weight excluding hydrogens is 178 g/mol. The lowest BCUT2D eigenvalue weighted by Crippen LogP contribution is -2.22. The number of nitrogen functional groups attached to an aromatic ring is 1. The molecule has 0 amide bonds. The number of rotatable bonds is 4. The van der Waals surface area contributed by atoms with Gasteiger partial charge < -0.3 is 16.2 Å². The summed E-state index contributed by atoms with van der Waals surface area (Å²) < 4.78 is 0. The van der Waals surface area contributed by atoms with Crippen molar-refractivity contribution in [1.29, 1.82) is 0 Å². The van der Waals surface area contributed by atoms with Crippen LogP contribution in [0.1, 0.15) is 20.3 Å². The first-order valence-electron chi connectivity index (χ1n) is 4.66. The Morgan fingerprint density at radius 2 is 2.29 bits per heavy atom. The van der Waals surface area contributed by atoms with Crippen molar-refractivity contribution in [2.45, 2.75) is 25.9 Å². The monoisotopic (exact) mass is 195 g/mol. The number of nitrogens with zero attached hydrogens (tertiary/aromatic N) is 1. The Kier molecular flexibility index (Phi) is 3.30.